The van der Waals surface area contributed by atoms with Crippen molar-refractivity contribution < 1.29 is 9.47 Å². The lowest BCUT2D eigenvalue weighted by Crippen LogP contribution is -2.40. The van der Waals surface area contributed by atoms with Crippen LogP contribution < -0.4 is 5.32 Å². The van der Waals surface area contributed by atoms with Gasteiger partial charge in [-0.25, -0.2) is 0 Å². The van der Waals surface area contributed by atoms with E-state index in [4.69, 9.17) is 9.47 Å². The van der Waals surface area contributed by atoms with Crippen molar-refractivity contribution in [2.75, 3.05) is 33.5 Å². The first kappa shape index (κ1) is 17.2. The first-order chi connectivity index (χ1) is 9.64. The van der Waals surface area contributed by atoms with E-state index in [2.05, 4.69) is 49.5 Å². The van der Waals surface area contributed by atoms with Crippen molar-refractivity contribution in [3.8, 4) is 0 Å². The Morgan fingerprint density at radius 2 is 1.80 bits per heavy atom. The number of hydrogen-bond donors (Lipinski definition) is 1. The predicted octanol–water partition coefficient (Wildman–Crippen LogP) is 3.04. The molecule has 3 heteroatoms. The Hall–Kier alpha value is -0.900. The standard InChI is InChI=1S/C17H29NO2/c1-17(2,11-10-16-8-5-4-6-9-16)18-12-7-13-20-15-14-19-3/h4-6,8-9,18H,7,10-15H2,1-3H3. The molecule has 0 saturated heterocycles. The molecule has 0 bridgehead atoms. The minimum Gasteiger partial charge on any atom is -0.382 e. The van der Waals surface area contributed by atoms with Crippen LogP contribution in [-0.4, -0.2) is 39.0 Å². The smallest absolute Gasteiger partial charge is 0.0700 e. The molecule has 0 radical (unpaired) electrons. The van der Waals surface area contributed by atoms with E-state index in [9.17, 15) is 0 Å². The average molecular weight is 279 g/mol. The normalized spacial score (nSPS) is 11.8. The highest BCUT2D eigenvalue weighted by molar-refractivity contribution is 5.15. The van der Waals surface area contributed by atoms with E-state index < -0.39 is 0 Å². The first-order valence-corrected chi connectivity index (χ1v) is 7.50. The Morgan fingerprint density at radius 1 is 1.05 bits per heavy atom. The third-order valence-electron chi connectivity index (χ3n) is 3.38. The van der Waals surface area contributed by atoms with Crippen LogP contribution in [0, 0.1) is 0 Å². The van der Waals surface area contributed by atoms with Gasteiger partial charge in [0, 0.05) is 19.3 Å². The van der Waals surface area contributed by atoms with Gasteiger partial charge in [0.05, 0.1) is 13.2 Å². The number of nitrogens with one attached hydrogen (secondary N) is 1. The van der Waals surface area contributed by atoms with Gasteiger partial charge in [0.2, 0.25) is 0 Å². The van der Waals surface area contributed by atoms with Crippen LogP contribution >= 0.6 is 0 Å². The zero-order valence-corrected chi connectivity index (χ0v) is 13.2. The molecule has 0 atom stereocenters. The molecule has 0 heterocycles. The van der Waals surface area contributed by atoms with Gasteiger partial charge in [0.1, 0.15) is 0 Å². The summed E-state index contributed by atoms with van der Waals surface area (Å²) >= 11 is 0. The molecule has 0 aliphatic carbocycles. The fourth-order valence-corrected chi connectivity index (χ4v) is 2.04. The number of aryl methyl sites for hydroxylation is 1. The quantitative estimate of drug-likeness (QED) is 0.632. The lowest BCUT2D eigenvalue weighted by atomic mass is 9.95. The molecule has 114 valence electrons. The molecule has 0 aliphatic heterocycles. The van der Waals surface area contributed by atoms with Gasteiger partial charge < -0.3 is 14.8 Å². The molecular weight excluding hydrogens is 250 g/mol. The summed E-state index contributed by atoms with van der Waals surface area (Å²) in [6.07, 6.45) is 3.30. The Kier molecular flexibility index (Phi) is 8.51. The van der Waals surface area contributed by atoms with Gasteiger partial charge in [-0.15, -0.1) is 0 Å². The van der Waals surface area contributed by atoms with Gasteiger partial charge in [0.15, 0.2) is 0 Å². The van der Waals surface area contributed by atoms with E-state index in [1.54, 1.807) is 7.11 Å². The van der Waals surface area contributed by atoms with Crippen molar-refractivity contribution in [3.63, 3.8) is 0 Å². The van der Waals surface area contributed by atoms with Gasteiger partial charge in [0.25, 0.3) is 0 Å². The number of benzene rings is 1. The summed E-state index contributed by atoms with van der Waals surface area (Å²) < 4.78 is 10.4. The topological polar surface area (TPSA) is 30.5 Å². The molecule has 0 aromatic heterocycles. The van der Waals surface area contributed by atoms with Crippen LogP contribution in [0.1, 0.15) is 32.3 Å². The minimum absolute atomic E-state index is 0.169. The second-order valence-electron chi connectivity index (χ2n) is 5.75. The van der Waals surface area contributed by atoms with Crippen molar-refractivity contribution in [1.29, 1.82) is 0 Å². The van der Waals surface area contributed by atoms with Gasteiger partial charge in [-0.05, 0) is 45.2 Å². The third-order valence-corrected chi connectivity index (χ3v) is 3.38. The Labute approximate surface area is 123 Å². The van der Waals surface area contributed by atoms with E-state index >= 15 is 0 Å². The van der Waals surface area contributed by atoms with Crippen LogP contribution in [0.3, 0.4) is 0 Å². The molecule has 0 spiro atoms. The molecular formula is C17H29NO2. The third kappa shape index (κ3) is 8.31. The predicted molar refractivity (Wildman–Crippen MR) is 84.2 cm³/mol. The zero-order chi connectivity index (χ0) is 14.7. The monoisotopic (exact) mass is 279 g/mol. The van der Waals surface area contributed by atoms with Gasteiger partial charge in [-0.3, -0.25) is 0 Å². The minimum atomic E-state index is 0.169. The zero-order valence-electron chi connectivity index (χ0n) is 13.2. The molecule has 20 heavy (non-hydrogen) atoms. The highest BCUT2D eigenvalue weighted by atomic mass is 16.5. The molecule has 0 amide bonds. The molecule has 0 aliphatic rings. The molecule has 1 aromatic rings. The average Bonchev–Trinajstić information content (AvgIpc) is 2.45. The van der Waals surface area contributed by atoms with Crippen LogP contribution in [0.15, 0.2) is 30.3 Å². The summed E-state index contributed by atoms with van der Waals surface area (Å²) in [5, 5.41) is 3.61. The van der Waals surface area contributed by atoms with Crippen LogP contribution in [0.5, 0.6) is 0 Å². The van der Waals surface area contributed by atoms with E-state index in [-0.39, 0.29) is 5.54 Å². The van der Waals surface area contributed by atoms with E-state index in [1.807, 2.05) is 0 Å². The SMILES string of the molecule is COCCOCCCNC(C)(C)CCc1ccccc1. The Morgan fingerprint density at radius 3 is 2.50 bits per heavy atom. The van der Waals surface area contributed by atoms with Crippen LogP contribution in [0.2, 0.25) is 0 Å². The van der Waals surface area contributed by atoms with Gasteiger partial charge in [-0.2, -0.15) is 0 Å². The Bertz CT molecular complexity index is 338. The molecule has 1 rings (SSSR count). The van der Waals surface area contributed by atoms with Crippen molar-refractivity contribution in [3.05, 3.63) is 35.9 Å². The summed E-state index contributed by atoms with van der Waals surface area (Å²) in [7, 11) is 1.69. The maximum absolute atomic E-state index is 5.45. The molecule has 1 N–H and O–H groups in total. The summed E-state index contributed by atoms with van der Waals surface area (Å²) in [6, 6.07) is 10.7. The summed E-state index contributed by atoms with van der Waals surface area (Å²) in [5.74, 6) is 0. The van der Waals surface area contributed by atoms with Crippen molar-refractivity contribution >= 4 is 0 Å². The molecule has 1 aromatic carbocycles. The molecule has 0 saturated carbocycles. The molecule has 0 fully saturated rings. The Balaban J connectivity index is 2.09. The fraction of sp³-hybridized carbons (Fsp3) is 0.647. The van der Waals surface area contributed by atoms with Crippen LogP contribution in [0.4, 0.5) is 0 Å². The van der Waals surface area contributed by atoms with Crippen molar-refractivity contribution in [2.24, 2.45) is 0 Å². The lowest BCUT2D eigenvalue weighted by molar-refractivity contribution is 0.0688. The number of ether oxygens (including phenoxy) is 2. The lowest BCUT2D eigenvalue weighted by Gasteiger charge is -2.26. The van der Waals surface area contributed by atoms with Crippen molar-refractivity contribution in [2.45, 2.75) is 38.6 Å². The summed E-state index contributed by atoms with van der Waals surface area (Å²) in [5.41, 5.74) is 1.58. The first-order valence-electron chi connectivity index (χ1n) is 7.50. The van der Waals surface area contributed by atoms with E-state index in [1.165, 1.54) is 5.56 Å². The highest BCUT2D eigenvalue weighted by Gasteiger charge is 2.15. The largest absolute Gasteiger partial charge is 0.382 e. The van der Waals surface area contributed by atoms with Crippen LogP contribution in [-0.2, 0) is 15.9 Å². The van der Waals surface area contributed by atoms with E-state index in [0.717, 1.165) is 32.4 Å². The fourth-order valence-electron chi connectivity index (χ4n) is 2.04. The van der Waals surface area contributed by atoms with Crippen molar-refractivity contribution in [1.82, 2.24) is 5.32 Å². The van der Waals surface area contributed by atoms with E-state index in [0.29, 0.717) is 13.2 Å². The summed E-state index contributed by atoms with van der Waals surface area (Å²) in [6.45, 7) is 7.69. The second-order valence-corrected chi connectivity index (χ2v) is 5.75. The second kappa shape index (κ2) is 9.92. The van der Waals surface area contributed by atoms with Gasteiger partial charge >= 0.3 is 0 Å². The maximum Gasteiger partial charge on any atom is 0.0700 e. The molecule has 0 unspecified atom stereocenters. The number of hydrogen-bond acceptors (Lipinski definition) is 3. The molecule has 3 nitrogen and oxygen atoms in total. The number of rotatable bonds is 11. The summed E-state index contributed by atoms with van der Waals surface area (Å²) in [4.78, 5) is 0. The highest BCUT2D eigenvalue weighted by Crippen LogP contribution is 2.13. The van der Waals surface area contributed by atoms with Crippen LogP contribution in [0.25, 0.3) is 0 Å². The van der Waals surface area contributed by atoms with Gasteiger partial charge in [-0.1, -0.05) is 30.3 Å². The number of methoxy groups -OCH3 is 1. The maximum atomic E-state index is 5.45.